The van der Waals surface area contributed by atoms with Gasteiger partial charge in [-0.3, -0.25) is 14.4 Å². The first-order chi connectivity index (χ1) is 8.00. The predicted octanol–water partition coefficient (Wildman–Crippen LogP) is -0.118. The van der Waals surface area contributed by atoms with Gasteiger partial charge in [0.15, 0.2) is 0 Å². The summed E-state index contributed by atoms with van der Waals surface area (Å²) in [5, 5.41) is 13.4. The fourth-order valence-electron chi connectivity index (χ4n) is 2.18. The second-order valence-electron chi connectivity index (χ2n) is 4.33. The van der Waals surface area contributed by atoms with Crippen LogP contribution in [0.15, 0.2) is 0 Å². The Kier molecular flexibility index (Phi) is 4.93. The second kappa shape index (κ2) is 6.22. The van der Waals surface area contributed by atoms with Crippen LogP contribution in [0.3, 0.4) is 0 Å². The molecule has 1 rings (SSSR count). The predicted molar refractivity (Wildman–Crippen MR) is 60.2 cm³/mol. The van der Waals surface area contributed by atoms with Crippen molar-refractivity contribution in [2.45, 2.75) is 38.6 Å². The molecule has 0 aromatic carbocycles. The van der Waals surface area contributed by atoms with Gasteiger partial charge in [-0.15, -0.1) is 0 Å². The van der Waals surface area contributed by atoms with Gasteiger partial charge in [0.2, 0.25) is 11.8 Å². The van der Waals surface area contributed by atoms with Gasteiger partial charge in [-0.05, 0) is 18.8 Å². The summed E-state index contributed by atoms with van der Waals surface area (Å²) in [4.78, 5) is 33.2. The minimum absolute atomic E-state index is 0.118. The van der Waals surface area contributed by atoms with E-state index in [0.29, 0.717) is 0 Å². The average molecular weight is 242 g/mol. The Morgan fingerprint density at radius 3 is 2.35 bits per heavy atom. The van der Waals surface area contributed by atoms with Crippen LogP contribution in [0.2, 0.25) is 0 Å². The molecule has 1 saturated carbocycles. The lowest BCUT2D eigenvalue weighted by molar-refractivity contribution is -0.138. The average Bonchev–Trinajstić information content (AvgIpc) is 2.75. The zero-order chi connectivity index (χ0) is 12.8. The standard InChI is InChI=1S/C11H18N2O4/c1-7(14)13-10(8-4-2-3-5-8)11(17)12-6-9(15)16/h8,10H,2-6H2,1H3,(H,12,17)(H,13,14)(H,15,16). The van der Waals surface area contributed by atoms with Gasteiger partial charge in [-0.2, -0.15) is 0 Å². The minimum Gasteiger partial charge on any atom is -0.480 e. The van der Waals surface area contributed by atoms with Crippen LogP contribution in [0.25, 0.3) is 0 Å². The van der Waals surface area contributed by atoms with Crippen molar-refractivity contribution in [2.75, 3.05) is 6.54 Å². The first kappa shape index (κ1) is 13.5. The molecule has 1 atom stereocenters. The van der Waals surface area contributed by atoms with E-state index >= 15 is 0 Å². The van der Waals surface area contributed by atoms with Crippen molar-refractivity contribution < 1.29 is 19.5 Å². The zero-order valence-corrected chi connectivity index (χ0v) is 9.86. The summed E-state index contributed by atoms with van der Waals surface area (Å²) in [5.41, 5.74) is 0. The molecule has 1 fully saturated rings. The number of carbonyl (C=O) groups is 3. The van der Waals surface area contributed by atoms with E-state index in [2.05, 4.69) is 10.6 Å². The van der Waals surface area contributed by atoms with Crippen LogP contribution in [0.5, 0.6) is 0 Å². The van der Waals surface area contributed by atoms with Crippen LogP contribution in [0.1, 0.15) is 32.6 Å². The van der Waals surface area contributed by atoms with E-state index < -0.39 is 24.5 Å². The van der Waals surface area contributed by atoms with Gasteiger partial charge in [0, 0.05) is 6.92 Å². The van der Waals surface area contributed by atoms with Crippen LogP contribution < -0.4 is 10.6 Å². The van der Waals surface area contributed by atoms with Crippen molar-refractivity contribution in [3.8, 4) is 0 Å². The first-order valence-corrected chi connectivity index (χ1v) is 5.77. The van der Waals surface area contributed by atoms with E-state index in [-0.39, 0.29) is 11.8 Å². The molecule has 0 spiro atoms. The van der Waals surface area contributed by atoms with Gasteiger partial charge >= 0.3 is 5.97 Å². The molecule has 1 unspecified atom stereocenters. The fourth-order valence-corrected chi connectivity index (χ4v) is 2.18. The Morgan fingerprint density at radius 1 is 1.29 bits per heavy atom. The van der Waals surface area contributed by atoms with Gasteiger partial charge in [-0.25, -0.2) is 0 Å². The highest BCUT2D eigenvalue weighted by atomic mass is 16.4. The maximum absolute atomic E-state index is 11.8. The SMILES string of the molecule is CC(=O)NC(C(=O)NCC(=O)O)C1CCCC1. The Bertz CT molecular complexity index is 311. The molecule has 0 radical (unpaired) electrons. The largest absolute Gasteiger partial charge is 0.480 e. The monoisotopic (exact) mass is 242 g/mol. The third-order valence-electron chi connectivity index (χ3n) is 2.93. The summed E-state index contributed by atoms with van der Waals surface area (Å²) < 4.78 is 0. The lowest BCUT2D eigenvalue weighted by atomic mass is 9.97. The molecule has 2 amide bonds. The summed E-state index contributed by atoms with van der Waals surface area (Å²) in [6.45, 7) is 0.939. The van der Waals surface area contributed by atoms with E-state index in [0.717, 1.165) is 25.7 Å². The lowest BCUT2D eigenvalue weighted by Gasteiger charge is -2.22. The van der Waals surface area contributed by atoms with Crippen molar-refractivity contribution in [3.63, 3.8) is 0 Å². The van der Waals surface area contributed by atoms with E-state index in [1.54, 1.807) is 0 Å². The molecule has 17 heavy (non-hydrogen) atoms. The van der Waals surface area contributed by atoms with E-state index in [4.69, 9.17) is 5.11 Å². The van der Waals surface area contributed by atoms with Gasteiger partial charge in [0.25, 0.3) is 0 Å². The molecule has 0 heterocycles. The molecule has 0 aliphatic heterocycles. The van der Waals surface area contributed by atoms with Crippen molar-refractivity contribution in [2.24, 2.45) is 5.92 Å². The summed E-state index contributed by atoms with van der Waals surface area (Å²) >= 11 is 0. The van der Waals surface area contributed by atoms with Crippen LogP contribution in [0.4, 0.5) is 0 Å². The maximum Gasteiger partial charge on any atom is 0.322 e. The number of carboxylic acid groups (broad SMARTS) is 1. The third-order valence-corrected chi connectivity index (χ3v) is 2.93. The number of aliphatic carboxylic acids is 1. The molecule has 3 N–H and O–H groups in total. The van der Waals surface area contributed by atoms with Crippen molar-refractivity contribution in [3.05, 3.63) is 0 Å². The summed E-state index contributed by atoms with van der Waals surface area (Å²) in [7, 11) is 0. The Hall–Kier alpha value is -1.59. The van der Waals surface area contributed by atoms with Gasteiger partial charge in [-0.1, -0.05) is 12.8 Å². The van der Waals surface area contributed by atoms with Crippen molar-refractivity contribution >= 4 is 17.8 Å². The van der Waals surface area contributed by atoms with Crippen molar-refractivity contribution in [1.29, 1.82) is 0 Å². The van der Waals surface area contributed by atoms with Crippen LogP contribution in [-0.4, -0.2) is 35.5 Å². The minimum atomic E-state index is -1.09. The molecule has 6 nitrogen and oxygen atoms in total. The van der Waals surface area contributed by atoms with Gasteiger partial charge in [0.05, 0.1) is 0 Å². The normalized spacial score (nSPS) is 17.5. The molecular weight excluding hydrogens is 224 g/mol. The Labute approximate surface area is 99.8 Å². The van der Waals surface area contributed by atoms with Crippen LogP contribution >= 0.6 is 0 Å². The molecule has 96 valence electrons. The molecule has 0 aromatic heterocycles. The second-order valence-corrected chi connectivity index (χ2v) is 4.33. The third kappa shape index (κ3) is 4.42. The van der Waals surface area contributed by atoms with E-state index in [9.17, 15) is 14.4 Å². The number of carbonyl (C=O) groups excluding carboxylic acids is 2. The number of carboxylic acids is 1. The van der Waals surface area contributed by atoms with E-state index in [1.165, 1.54) is 6.92 Å². The Balaban J connectivity index is 2.57. The summed E-state index contributed by atoms with van der Waals surface area (Å²) in [6.07, 6.45) is 3.89. The quantitative estimate of drug-likeness (QED) is 0.626. The molecule has 1 aliphatic carbocycles. The molecule has 0 bridgehead atoms. The number of hydrogen-bond donors (Lipinski definition) is 3. The number of amides is 2. The first-order valence-electron chi connectivity index (χ1n) is 5.77. The van der Waals surface area contributed by atoms with Gasteiger partial charge in [0.1, 0.15) is 12.6 Å². The highest BCUT2D eigenvalue weighted by Gasteiger charge is 2.31. The van der Waals surface area contributed by atoms with Crippen LogP contribution in [0, 0.1) is 5.92 Å². The van der Waals surface area contributed by atoms with Gasteiger partial charge < -0.3 is 15.7 Å². The van der Waals surface area contributed by atoms with Crippen molar-refractivity contribution in [1.82, 2.24) is 10.6 Å². The highest BCUT2D eigenvalue weighted by molar-refractivity contribution is 5.89. The number of rotatable bonds is 5. The summed E-state index contributed by atoms with van der Waals surface area (Å²) in [5.74, 6) is -1.65. The molecule has 1 aliphatic rings. The number of hydrogen-bond acceptors (Lipinski definition) is 3. The molecule has 6 heteroatoms. The smallest absolute Gasteiger partial charge is 0.322 e. The topological polar surface area (TPSA) is 95.5 Å². The highest BCUT2D eigenvalue weighted by Crippen LogP contribution is 2.27. The molecular formula is C11H18N2O4. The summed E-state index contributed by atoms with van der Waals surface area (Å²) in [6, 6.07) is -0.602. The maximum atomic E-state index is 11.8. The van der Waals surface area contributed by atoms with E-state index in [1.807, 2.05) is 0 Å². The Morgan fingerprint density at radius 2 is 1.88 bits per heavy atom. The van der Waals surface area contributed by atoms with Crippen LogP contribution in [-0.2, 0) is 14.4 Å². The molecule has 0 saturated heterocycles. The fraction of sp³-hybridized carbons (Fsp3) is 0.727. The number of nitrogens with one attached hydrogen (secondary N) is 2. The zero-order valence-electron chi connectivity index (χ0n) is 9.86. The lowest BCUT2D eigenvalue weighted by Crippen LogP contribution is -2.50. The molecule has 0 aromatic rings.